The first-order valence-electron chi connectivity index (χ1n) is 8.93. The lowest BCUT2D eigenvalue weighted by atomic mass is 9.96. The van der Waals surface area contributed by atoms with Gasteiger partial charge in [0.15, 0.2) is 0 Å². The molecule has 1 atom stereocenters. The van der Waals surface area contributed by atoms with E-state index in [0.717, 1.165) is 37.1 Å². The molecule has 1 saturated heterocycles. The lowest BCUT2D eigenvalue weighted by Crippen LogP contribution is -2.40. The van der Waals surface area contributed by atoms with Crippen molar-refractivity contribution in [2.24, 2.45) is 5.73 Å². The lowest BCUT2D eigenvalue weighted by molar-refractivity contribution is 0.0991. The van der Waals surface area contributed by atoms with Gasteiger partial charge >= 0.3 is 0 Å². The lowest BCUT2D eigenvalue weighted by Gasteiger charge is -2.34. The van der Waals surface area contributed by atoms with Crippen LogP contribution in [0.4, 0.5) is 0 Å². The number of aromatic nitrogens is 3. The summed E-state index contributed by atoms with van der Waals surface area (Å²) in [6.45, 7) is 5.83. The molecule has 0 spiro atoms. The van der Waals surface area contributed by atoms with Crippen LogP contribution in [0.2, 0.25) is 0 Å². The van der Waals surface area contributed by atoms with Crippen molar-refractivity contribution in [1.82, 2.24) is 19.9 Å². The fourth-order valence-corrected chi connectivity index (χ4v) is 3.96. The van der Waals surface area contributed by atoms with Crippen molar-refractivity contribution in [3.05, 3.63) is 59.3 Å². The number of carbonyl (C=O) groups excluding carboxylic acids is 1. The first-order valence-corrected chi connectivity index (χ1v) is 8.93. The number of nitrogens with two attached hydrogens (primary N) is 1. The zero-order valence-corrected chi connectivity index (χ0v) is 15.1. The van der Waals surface area contributed by atoms with Crippen molar-refractivity contribution in [3.8, 4) is 0 Å². The van der Waals surface area contributed by atoms with E-state index in [1.807, 2.05) is 13.1 Å². The third kappa shape index (κ3) is 2.76. The minimum absolute atomic E-state index is 0.285. The third-order valence-electron chi connectivity index (χ3n) is 5.42. The Kier molecular flexibility index (Phi) is 4.00. The van der Waals surface area contributed by atoms with Gasteiger partial charge in [-0.15, -0.1) is 0 Å². The van der Waals surface area contributed by atoms with Crippen LogP contribution in [0.15, 0.2) is 36.5 Å². The molecule has 0 saturated carbocycles. The molecule has 0 bridgehead atoms. The summed E-state index contributed by atoms with van der Waals surface area (Å²) in [7, 11) is 0. The van der Waals surface area contributed by atoms with E-state index in [1.165, 1.54) is 10.9 Å². The van der Waals surface area contributed by atoms with E-state index in [2.05, 4.69) is 51.0 Å². The highest BCUT2D eigenvalue weighted by Gasteiger charge is 2.41. The van der Waals surface area contributed by atoms with Crippen molar-refractivity contribution in [2.45, 2.75) is 38.8 Å². The van der Waals surface area contributed by atoms with Gasteiger partial charge in [0, 0.05) is 29.3 Å². The molecule has 0 unspecified atom stereocenters. The number of primary amides is 1. The van der Waals surface area contributed by atoms with Gasteiger partial charge in [-0.25, -0.2) is 9.97 Å². The average molecular weight is 349 g/mol. The van der Waals surface area contributed by atoms with E-state index in [9.17, 15) is 4.79 Å². The molecule has 1 aliphatic rings. The van der Waals surface area contributed by atoms with E-state index in [1.54, 1.807) is 6.07 Å². The smallest absolute Gasteiger partial charge is 0.267 e. The predicted molar refractivity (Wildman–Crippen MR) is 101 cm³/mol. The standard InChI is InChI=1S/C20H23N5O/c1-13-11-17(18(21)26)24-19(23-13)20(2)8-4-10-25(20)12-14-5-3-6-16-15(14)7-9-22-16/h3,5-7,9,11,22H,4,8,10,12H2,1-2H3,(H2,21,26)/t20-/m1/s1. The van der Waals surface area contributed by atoms with Crippen LogP contribution in [-0.4, -0.2) is 32.3 Å². The van der Waals surface area contributed by atoms with Crippen LogP contribution in [0.3, 0.4) is 0 Å². The molecule has 4 rings (SSSR count). The molecule has 1 amide bonds. The van der Waals surface area contributed by atoms with Crippen molar-refractivity contribution in [1.29, 1.82) is 0 Å². The van der Waals surface area contributed by atoms with Gasteiger partial charge in [0.25, 0.3) is 5.91 Å². The Hall–Kier alpha value is -2.73. The Bertz CT molecular complexity index is 979. The van der Waals surface area contributed by atoms with Crippen LogP contribution in [0, 0.1) is 6.92 Å². The molecule has 6 heteroatoms. The molecule has 26 heavy (non-hydrogen) atoms. The molecule has 1 aromatic carbocycles. The summed E-state index contributed by atoms with van der Waals surface area (Å²) in [6, 6.07) is 10.1. The van der Waals surface area contributed by atoms with E-state index < -0.39 is 5.91 Å². The number of fused-ring (bicyclic) bond motifs is 1. The van der Waals surface area contributed by atoms with Crippen LogP contribution in [0.25, 0.3) is 10.9 Å². The summed E-state index contributed by atoms with van der Waals surface area (Å²) in [4.78, 5) is 26.5. The number of H-pyrrole nitrogens is 1. The van der Waals surface area contributed by atoms with Crippen LogP contribution in [0.1, 0.15) is 47.3 Å². The van der Waals surface area contributed by atoms with Crippen molar-refractivity contribution in [2.75, 3.05) is 6.54 Å². The summed E-state index contributed by atoms with van der Waals surface area (Å²) in [5.74, 6) is 0.173. The zero-order valence-electron chi connectivity index (χ0n) is 15.1. The molecule has 1 fully saturated rings. The van der Waals surface area contributed by atoms with E-state index >= 15 is 0 Å². The van der Waals surface area contributed by atoms with Gasteiger partial charge in [0.1, 0.15) is 11.5 Å². The first kappa shape index (κ1) is 16.7. The van der Waals surface area contributed by atoms with Gasteiger partial charge in [0.05, 0.1) is 5.54 Å². The number of likely N-dealkylation sites (tertiary alicyclic amines) is 1. The van der Waals surface area contributed by atoms with Crippen LogP contribution < -0.4 is 5.73 Å². The van der Waals surface area contributed by atoms with Gasteiger partial charge in [-0.05, 0) is 57.0 Å². The van der Waals surface area contributed by atoms with Gasteiger partial charge in [-0.3, -0.25) is 9.69 Å². The van der Waals surface area contributed by atoms with Crippen LogP contribution in [-0.2, 0) is 12.1 Å². The maximum Gasteiger partial charge on any atom is 0.267 e. The number of carbonyl (C=O) groups is 1. The fourth-order valence-electron chi connectivity index (χ4n) is 3.96. The first-order chi connectivity index (χ1) is 12.5. The Morgan fingerprint density at radius 2 is 2.19 bits per heavy atom. The van der Waals surface area contributed by atoms with Crippen LogP contribution >= 0.6 is 0 Å². The van der Waals surface area contributed by atoms with Gasteiger partial charge in [-0.2, -0.15) is 0 Å². The van der Waals surface area contributed by atoms with Crippen molar-refractivity contribution in [3.63, 3.8) is 0 Å². The Balaban J connectivity index is 1.71. The molecule has 3 heterocycles. The SMILES string of the molecule is Cc1cc(C(N)=O)nc([C@@]2(C)CCCN2Cc2cccc3[nH]ccc23)n1. The van der Waals surface area contributed by atoms with Crippen molar-refractivity contribution < 1.29 is 4.79 Å². The topological polar surface area (TPSA) is 87.9 Å². The van der Waals surface area contributed by atoms with Gasteiger partial charge in [0.2, 0.25) is 0 Å². The number of nitrogens with one attached hydrogen (secondary N) is 1. The molecule has 0 radical (unpaired) electrons. The highest BCUT2D eigenvalue weighted by atomic mass is 16.1. The summed E-state index contributed by atoms with van der Waals surface area (Å²) in [6.07, 6.45) is 4.00. The zero-order chi connectivity index (χ0) is 18.3. The van der Waals surface area contributed by atoms with E-state index in [4.69, 9.17) is 5.73 Å². The van der Waals surface area contributed by atoms with Crippen molar-refractivity contribution >= 4 is 16.8 Å². The van der Waals surface area contributed by atoms with E-state index in [0.29, 0.717) is 5.82 Å². The number of hydrogen-bond donors (Lipinski definition) is 2. The highest BCUT2D eigenvalue weighted by molar-refractivity contribution is 5.90. The monoisotopic (exact) mass is 349 g/mol. The number of amides is 1. The summed E-state index contributed by atoms with van der Waals surface area (Å²) >= 11 is 0. The maximum absolute atomic E-state index is 11.6. The molecule has 134 valence electrons. The minimum atomic E-state index is -0.512. The fraction of sp³-hybridized carbons (Fsp3) is 0.350. The largest absolute Gasteiger partial charge is 0.364 e. The molecule has 2 aromatic heterocycles. The Labute approximate surface area is 152 Å². The van der Waals surface area contributed by atoms with Gasteiger partial charge < -0.3 is 10.7 Å². The second-order valence-electron chi connectivity index (χ2n) is 7.24. The maximum atomic E-state index is 11.6. The van der Waals surface area contributed by atoms with E-state index in [-0.39, 0.29) is 11.2 Å². The number of aryl methyl sites for hydroxylation is 1. The number of benzene rings is 1. The average Bonchev–Trinajstić information content (AvgIpc) is 3.23. The predicted octanol–water partition coefficient (Wildman–Crippen LogP) is 2.88. The second-order valence-corrected chi connectivity index (χ2v) is 7.24. The summed E-state index contributed by atoms with van der Waals surface area (Å²) < 4.78 is 0. The number of aromatic amines is 1. The normalized spacial score (nSPS) is 20.7. The Morgan fingerprint density at radius 3 is 3.00 bits per heavy atom. The molecular weight excluding hydrogens is 326 g/mol. The molecule has 3 aromatic rings. The highest BCUT2D eigenvalue weighted by Crippen LogP contribution is 2.38. The molecule has 1 aliphatic heterocycles. The summed E-state index contributed by atoms with van der Waals surface area (Å²) in [5, 5.41) is 1.24. The molecule has 0 aliphatic carbocycles. The number of nitrogens with zero attached hydrogens (tertiary/aromatic N) is 3. The quantitative estimate of drug-likeness (QED) is 0.758. The third-order valence-corrected chi connectivity index (χ3v) is 5.42. The number of rotatable bonds is 4. The van der Waals surface area contributed by atoms with Gasteiger partial charge in [-0.1, -0.05) is 12.1 Å². The molecule has 3 N–H and O–H groups in total. The molecular formula is C20H23N5O. The second kappa shape index (κ2) is 6.21. The molecule has 6 nitrogen and oxygen atoms in total. The summed E-state index contributed by atoms with van der Waals surface area (Å²) in [5.41, 5.74) is 8.62. The number of hydrogen-bond acceptors (Lipinski definition) is 4. The van der Waals surface area contributed by atoms with Crippen LogP contribution in [0.5, 0.6) is 0 Å². The minimum Gasteiger partial charge on any atom is -0.364 e. The Morgan fingerprint density at radius 1 is 1.35 bits per heavy atom.